The molecule has 3 aromatic rings. The number of nitrogens with one attached hydrogen (secondary N) is 1. The summed E-state index contributed by atoms with van der Waals surface area (Å²) in [4.78, 5) is 12.1. The molecule has 3 rings (SSSR count). The molecule has 0 saturated carbocycles. The molecular formula is C16H16N4O5. The third-order valence-corrected chi connectivity index (χ3v) is 3.37. The van der Waals surface area contributed by atoms with Crippen LogP contribution in [0.4, 0.5) is 0 Å². The zero-order chi connectivity index (χ0) is 17.6. The fraction of sp³-hybridized carbons (Fsp3) is 0.250. The first-order valence-electron chi connectivity index (χ1n) is 7.59. The highest BCUT2D eigenvalue weighted by Gasteiger charge is 2.16. The van der Waals surface area contributed by atoms with Crippen LogP contribution in [0.3, 0.4) is 0 Å². The number of carbonyl (C=O) groups is 1. The Balaban J connectivity index is 1.53. The minimum absolute atomic E-state index is 0.0622. The van der Waals surface area contributed by atoms with Gasteiger partial charge in [0.1, 0.15) is 0 Å². The molecule has 1 aromatic carbocycles. The number of aliphatic hydroxyl groups is 2. The number of amides is 1. The number of rotatable bonds is 7. The molecule has 1 atom stereocenters. The Labute approximate surface area is 142 Å². The highest BCUT2D eigenvalue weighted by atomic mass is 16.5. The summed E-state index contributed by atoms with van der Waals surface area (Å²) in [7, 11) is 0. The summed E-state index contributed by atoms with van der Waals surface area (Å²) in [6.45, 7) is -0.266. The second kappa shape index (κ2) is 7.69. The molecule has 0 aliphatic carbocycles. The van der Waals surface area contributed by atoms with Gasteiger partial charge in [-0.2, -0.15) is 0 Å². The molecule has 2 aromatic heterocycles. The van der Waals surface area contributed by atoms with Gasteiger partial charge in [-0.15, -0.1) is 10.2 Å². The van der Waals surface area contributed by atoms with E-state index in [9.17, 15) is 9.90 Å². The molecule has 130 valence electrons. The number of nitrogens with zero attached hydrogens (tertiary/aromatic N) is 3. The van der Waals surface area contributed by atoms with Crippen molar-refractivity contribution in [1.29, 1.82) is 0 Å². The van der Waals surface area contributed by atoms with Crippen molar-refractivity contribution in [2.24, 2.45) is 0 Å². The first-order valence-corrected chi connectivity index (χ1v) is 7.59. The van der Waals surface area contributed by atoms with Crippen LogP contribution >= 0.6 is 0 Å². The van der Waals surface area contributed by atoms with E-state index in [2.05, 4.69) is 20.7 Å². The Bertz CT molecular complexity index is 830. The van der Waals surface area contributed by atoms with E-state index in [1.807, 2.05) is 30.3 Å². The second-order valence-electron chi connectivity index (χ2n) is 5.18. The van der Waals surface area contributed by atoms with Gasteiger partial charge >= 0.3 is 0 Å². The third-order valence-electron chi connectivity index (χ3n) is 3.37. The largest absolute Gasteiger partial charge is 0.422 e. The fourth-order valence-corrected chi connectivity index (χ4v) is 2.07. The van der Waals surface area contributed by atoms with Crippen LogP contribution in [0.25, 0.3) is 11.3 Å². The fourth-order valence-electron chi connectivity index (χ4n) is 2.07. The minimum atomic E-state index is -1.21. The van der Waals surface area contributed by atoms with Crippen molar-refractivity contribution in [3.05, 3.63) is 53.9 Å². The molecular weight excluding hydrogens is 328 g/mol. The monoisotopic (exact) mass is 344 g/mol. The Morgan fingerprint density at radius 2 is 2.04 bits per heavy atom. The van der Waals surface area contributed by atoms with Crippen molar-refractivity contribution in [1.82, 2.24) is 20.7 Å². The van der Waals surface area contributed by atoms with Crippen molar-refractivity contribution in [2.75, 3.05) is 13.2 Å². The Kier molecular flexibility index (Phi) is 5.17. The predicted octanol–water partition coefficient (Wildman–Crippen LogP) is 0.723. The predicted molar refractivity (Wildman–Crippen MR) is 84.3 cm³/mol. The van der Waals surface area contributed by atoms with E-state index < -0.39 is 12.7 Å². The lowest BCUT2D eigenvalue weighted by Gasteiger charge is -2.00. The molecule has 9 heteroatoms. The molecule has 2 heterocycles. The van der Waals surface area contributed by atoms with Gasteiger partial charge in [-0.05, 0) is 0 Å². The summed E-state index contributed by atoms with van der Waals surface area (Å²) in [6.07, 6.45) is -0.928. The number of carbonyl (C=O) groups excluding carboxylic acids is 1. The Morgan fingerprint density at radius 1 is 1.24 bits per heavy atom. The highest BCUT2D eigenvalue weighted by Crippen LogP contribution is 2.19. The minimum Gasteiger partial charge on any atom is -0.422 e. The quantitative estimate of drug-likeness (QED) is 0.571. The van der Waals surface area contributed by atoms with Gasteiger partial charge in [0.25, 0.3) is 5.91 Å². The van der Waals surface area contributed by atoms with E-state index in [0.29, 0.717) is 5.76 Å². The first-order chi connectivity index (χ1) is 12.2. The van der Waals surface area contributed by atoms with Crippen LogP contribution in [0.1, 0.15) is 28.4 Å². The summed E-state index contributed by atoms with van der Waals surface area (Å²) >= 11 is 0. The summed E-state index contributed by atoms with van der Waals surface area (Å²) in [5, 5.41) is 31.9. The molecule has 3 N–H and O–H groups in total. The maximum absolute atomic E-state index is 12.1. The van der Waals surface area contributed by atoms with Crippen LogP contribution in [0.15, 0.2) is 45.3 Å². The van der Waals surface area contributed by atoms with Crippen molar-refractivity contribution in [2.45, 2.75) is 12.5 Å². The van der Waals surface area contributed by atoms with Crippen LogP contribution in [0.2, 0.25) is 0 Å². The average molecular weight is 344 g/mol. The molecule has 25 heavy (non-hydrogen) atoms. The number of benzene rings is 1. The molecule has 0 unspecified atom stereocenters. The number of hydrogen-bond donors (Lipinski definition) is 3. The van der Waals surface area contributed by atoms with Crippen LogP contribution in [0, 0.1) is 0 Å². The molecule has 0 aliphatic heterocycles. The average Bonchev–Trinajstić information content (AvgIpc) is 3.31. The van der Waals surface area contributed by atoms with E-state index in [-0.39, 0.29) is 36.3 Å². The maximum Gasteiger partial charge on any atom is 0.273 e. The van der Waals surface area contributed by atoms with Crippen molar-refractivity contribution in [3.8, 4) is 11.3 Å². The van der Waals surface area contributed by atoms with Crippen LogP contribution in [0.5, 0.6) is 0 Å². The first kappa shape index (κ1) is 16.8. The van der Waals surface area contributed by atoms with Gasteiger partial charge in [0.05, 0.1) is 6.61 Å². The maximum atomic E-state index is 12.1. The SMILES string of the molecule is O=C(NCCc1nnc([C@@H](O)CO)o1)c1cc(-c2ccccc2)on1. The smallest absolute Gasteiger partial charge is 0.273 e. The topological polar surface area (TPSA) is 135 Å². The molecule has 9 nitrogen and oxygen atoms in total. The van der Waals surface area contributed by atoms with Crippen LogP contribution in [-0.2, 0) is 6.42 Å². The van der Waals surface area contributed by atoms with Gasteiger partial charge in [-0.1, -0.05) is 35.5 Å². The molecule has 0 spiro atoms. The lowest BCUT2D eigenvalue weighted by atomic mass is 10.1. The standard InChI is InChI=1S/C16H16N4O5/c21-9-12(22)16-19-18-14(24-16)6-7-17-15(23)11-8-13(25-20-11)10-4-2-1-3-5-10/h1-5,8,12,21-22H,6-7,9H2,(H,17,23)/t12-/m0/s1. The normalized spacial score (nSPS) is 12.1. The lowest BCUT2D eigenvalue weighted by Crippen LogP contribution is -2.26. The molecule has 0 fully saturated rings. The van der Waals surface area contributed by atoms with Gasteiger partial charge < -0.3 is 24.5 Å². The summed E-state index contributed by atoms with van der Waals surface area (Å²) in [5.74, 6) is 0.298. The lowest BCUT2D eigenvalue weighted by molar-refractivity contribution is 0.0721. The van der Waals surface area contributed by atoms with E-state index in [1.54, 1.807) is 6.07 Å². The molecule has 0 bridgehead atoms. The van der Waals surface area contributed by atoms with Crippen LogP contribution < -0.4 is 5.32 Å². The van der Waals surface area contributed by atoms with E-state index in [0.717, 1.165) is 5.56 Å². The summed E-state index contributed by atoms with van der Waals surface area (Å²) < 4.78 is 10.3. The molecule has 0 saturated heterocycles. The highest BCUT2D eigenvalue weighted by molar-refractivity contribution is 5.93. The van der Waals surface area contributed by atoms with Gasteiger partial charge in [0, 0.05) is 24.6 Å². The van der Waals surface area contributed by atoms with Crippen LogP contribution in [-0.4, -0.2) is 44.6 Å². The van der Waals surface area contributed by atoms with Gasteiger partial charge in [-0.3, -0.25) is 4.79 Å². The van der Waals surface area contributed by atoms with E-state index in [4.69, 9.17) is 14.0 Å². The number of hydrogen-bond acceptors (Lipinski definition) is 8. The molecule has 0 aliphatic rings. The Morgan fingerprint density at radius 3 is 2.80 bits per heavy atom. The zero-order valence-corrected chi connectivity index (χ0v) is 13.1. The zero-order valence-electron chi connectivity index (χ0n) is 13.1. The summed E-state index contributed by atoms with van der Waals surface area (Å²) in [5.41, 5.74) is 0.996. The van der Waals surface area contributed by atoms with Gasteiger partial charge in [0.15, 0.2) is 17.6 Å². The van der Waals surface area contributed by atoms with Gasteiger partial charge in [-0.25, -0.2) is 0 Å². The molecule has 1 amide bonds. The van der Waals surface area contributed by atoms with Crippen molar-refractivity contribution >= 4 is 5.91 Å². The third kappa shape index (κ3) is 4.08. The molecule has 0 radical (unpaired) electrons. The summed E-state index contributed by atoms with van der Waals surface area (Å²) in [6, 6.07) is 10.9. The Hall–Kier alpha value is -3.04. The number of aromatic nitrogens is 3. The van der Waals surface area contributed by atoms with Gasteiger partial charge in [0.2, 0.25) is 11.8 Å². The van der Waals surface area contributed by atoms with E-state index >= 15 is 0 Å². The number of aliphatic hydroxyl groups excluding tert-OH is 2. The second-order valence-corrected chi connectivity index (χ2v) is 5.18. The van der Waals surface area contributed by atoms with Crippen molar-refractivity contribution in [3.63, 3.8) is 0 Å². The van der Waals surface area contributed by atoms with Crippen molar-refractivity contribution < 1.29 is 23.9 Å². The van der Waals surface area contributed by atoms with E-state index in [1.165, 1.54) is 0 Å².